The van der Waals surface area contributed by atoms with Crippen LogP contribution in [-0.4, -0.2) is 28.5 Å². The molecule has 0 aliphatic heterocycles. The van der Waals surface area contributed by atoms with E-state index in [-0.39, 0.29) is 9.79 Å². The number of aryl methyl sites for hydroxylation is 2. The first-order chi connectivity index (χ1) is 14.0. The van der Waals surface area contributed by atoms with Crippen molar-refractivity contribution in [1.29, 1.82) is 0 Å². The molecule has 162 valence electrons. The van der Waals surface area contributed by atoms with E-state index in [0.717, 1.165) is 17.5 Å². The average molecular weight is 451 g/mol. The molecule has 4 rings (SSSR count). The van der Waals surface area contributed by atoms with Crippen molar-refractivity contribution in [1.82, 2.24) is 0 Å². The Labute approximate surface area is 178 Å². The number of rotatable bonds is 6. The lowest BCUT2D eigenvalue weighted by atomic mass is 9.84. The monoisotopic (exact) mass is 450 g/mol. The second-order valence-corrected chi connectivity index (χ2v) is 11.8. The Morgan fingerprint density at radius 3 is 1.80 bits per heavy atom. The van der Waals surface area contributed by atoms with Crippen LogP contribution in [0.3, 0.4) is 0 Å². The first-order valence-corrected chi connectivity index (χ1v) is 12.8. The molecule has 0 aromatic heterocycles. The Morgan fingerprint density at radius 1 is 0.767 bits per heavy atom. The van der Waals surface area contributed by atoms with Gasteiger partial charge < -0.3 is 0 Å². The smallest absolute Gasteiger partial charge is 0.260 e. The fourth-order valence-electron chi connectivity index (χ4n) is 4.17. The van der Waals surface area contributed by atoms with Crippen LogP contribution in [0.25, 0.3) is 0 Å². The standard InChI is InChI=1S/C22H26O6S2/c1-15-4-8-19(9-5-15)29(23,24)27-21-13-17-12-18(17)14-22(21,3)28-30(25,26)20-10-6-16(2)7-11-20/h4-11,17-18,21H,12-14H2,1-3H3/t17-,18?,21+,22-/m1/s1. The van der Waals surface area contributed by atoms with Crippen molar-refractivity contribution < 1.29 is 25.2 Å². The molecule has 0 amide bonds. The molecule has 30 heavy (non-hydrogen) atoms. The highest BCUT2D eigenvalue weighted by Crippen LogP contribution is 2.55. The molecule has 2 aliphatic rings. The molecule has 2 saturated carbocycles. The van der Waals surface area contributed by atoms with Gasteiger partial charge in [-0.1, -0.05) is 35.4 Å². The quantitative estimate of drug-likeness (QED) is 0.619. The summed E-state index contributed by atoms with van der Waals surface area (Å²) in [7, 11) is -8.13. The maximum absolute atomic E-state index is 12.9. The van der Waals surface area contributed by atoms with Crippen LogP contribution in [0.2, 0.25) is 0 Å². The summed E-state index contributed by atoms with van der Waals surface area (Å²) in [5, 5.41) is 0. The molecule has 6 nitrogen and oxygen atoms in total. The highest BCUT2D eigenvalue weighted by atomic mass is 32.2. The summed E-state index contributed by atoms with van der Waals surface area (Å²) < 4.78 is 62.9. The molecule has 0 spiro atoms. The summed E-state index contributed by atoms with van der Waals surface area (Å²) in [5.41, 5.74) is 0.605. The van der Waals surface area contributed by atoms with Crippen molar-refractivity contribution in [2.75, 3.05) is 0 Å². The van der Waals surface area contributed by atoms with Gasteiger partial charge in [0, 0.05) is 0 Å². The van der Waals surface area contributed by atoms with E-state index in [1.165, 1.54) is 24.3 Å². The number of hydrogen-bond donors (Lipinski definition) is 0. The molecule has 2 aliphatic carbocycles. The van der Waals surface area contributed by atoms with E-state index in [4.69, 9.17) is 8.37 Å². The summed E-state index contributed by atoms with van der Waals surface area (Å²) in [4.78, 5) is 0.0992. The fourth-order valence-corrected chi connectivity index (χ4v) is 6.58. The Bertz CT molecular complexity index is 1140. The van der Waals surface area contributed by atoms with E-state index in [9.17, 15) is 16.8 Å². The molecule has 0 saturated heterocycles. The van der Waals surface area contributed by atoms with Gasteiger partial charge >= 0.3 is 0 Å². The molecule has 1 unspecified atom stereocenters. The average Bonchev–Trinajstić information content (AvgIpc) is 3.39. The van der Waals surface area contributed by atoms with E-state index in [1.807, 2.05) is 13.8 Å². The molecule has 0 bridgehead atoms. The van der Waals surface area contributed by atoms with Gasteiger partial charge in [-0.05, 0) is 76.1 Å². The predicted molar refractivity (Wildman–Crippen MR) is 112 cm³/mol. The first kappa shape index (κ1) is 21.5. The van der Waals surface area contributed by atoms with Crippen LogP contribution >= 0.6 is 0 Å². The van der Waals surface area contributed by atoms with Gasteiger partial charge in [0.05, 0.1) is 9.79 Å². The highest BCUT2D eigenvalue weighted by molar-refractivity contribution is 7.87. The molecule has 2 aromatic carbocycles. The second kappa shape index (κ2) is 7.44. The Hall–Kier alpha value is -1.74. The minimum absolute atomic E-state index is 0.0485. The van der Waals surface area contributed by atoms with Crippen molar-refractivity contribution >= 4 is 20.2 Å². The first-order valence-electron chi connectivity index (χ1n) is 10.0. The van der Waals surface area contributed by atoms with Gasteiger partial charge in [-0.2, -0.15) is 16.8 Å². The summed E-state index contributed by atoms with van der Waals surface area (Å²) in [5.74, 6) is 0.687. The van der Waals surface area contributed by atoms with Crippen molar-refractivity contribution in [3.8, 4) is 0 Å². The highest BCUT2D eigenvalue weighted by Gasteiger charge is 2.56. The van der Waals surface area contributed by atoms with Crippen LogP contribution in [0.1, 0.15) is 37.3 Å². The van der Waals surface area contributed by atoms with E-state index in [1.54, 1.807) is 31.2 Å². The van der Waals surface area contributed by atoms with Crippen LogP contribution in [-0.2, 0) is 28.6 Å². The number of fused-ring (bicyclic) bond motifs is 1. The zero-order chi connectivity index (χ0) is 21.7. The molecule has 4 atom stereocenters. The minimum Gasteiger partial charge on any atom is -0.260 e. The van der Waals surface area contributed by atoms with Crippen LogP contribution in [0.15, 0.2) is 58.3 Å². The molecule has 8 heteroatoms. The molecule has 0 heterocycles. The van der Waals surface area contributed by atoms with Crippen molar-refractivity contribution in [2.24, 2.45) is 11.8 Å². The Balaban J connectivity index is 1.61. The third-order valence-corrected chi connectivity index (χ3v) is 8.88. The third-order valence-electron chi connectivity index (χ3n) is 6.10. The van der Waals surface area contributed by atoms with E-state index in [2.05, 4.69) is 0 Å². The number of benzene rings is 2. The lowest BCUT2D eigenvalue weighted by molar-refractivity contribution is -0.0508. The molecule has 2 aromatic rings. The molecule has 0 N–H and O–H groups in total. The largest absolute Gasteiger partial charge is 0.297 e. The van der Waals surface area contributed by atoms with Crippen molar-refractivity contribution in [3.63, 3.8) is 0 Å². The lowest BCUT2D eigenvalue weighted by Gasteiger charge is -2.39. The summed E-state index contributed by atoms with van der Waals surface area (Å²) >= 11 is 0. The van der Waals surface area contributed by atoms with Crippen LogP contribution in [0.5, 0.6) is 0 Å². The molecular formula is C22H26O6S2. The molecule has 2 fully saturated rings. The van der Waals surface area contributed by atoms with Gasteiger partial charge in [-0.25, -0.2) is 0 Å². The van der Waals surface area contributed by atoms with E-state index >= 15 is 0 Å². The van der Waals surface area contributed by atoms with Gasteiger partial charge in [-0.3, -0.25) is 8.37 Å². The molecule has 0 radical (unpaired) electrons. The SMILES string of the molecule is Cc1ccc(S(=O)(=O)O[C@H]2C[C@H]3CC3C[C@@]2(C)OS(=O)(=O)c2ccc(C)cc2)cc1. The topological polar surface area (TPSA) is 86.7 Å². The zero-order valence-electron chi connectivity index (χ0n) is 17.2. The van der Waals surface area contributed by atoms with Gasteiger partial charge in [-0.15, -0.1) is 0 Å². The maximum atomic E-state index is 12.9. The van der Waals surface area contributed by atoms with E-state index in [0.29, 0.717) is 24.7 Å². The second-order valence-electron chi connectivity index (χ2n) is 8.71. The van der Waals surface area contributed by atoms with Gasteiger partial charge in [0.15, 0.2) is 0 Å². The normalized spacial score (nSPS) is 28.7. The fraction of sp³-hybridized carbons (Fsp3) is 0.455. The summed E-state index contributed by atoms with van der Waals surface area (Å²) in [6.07, 6.45) is 0.952. The Kier molecular flexibility index (Phi) is 5.33. The van der Waals surface area contributed by atoms with E-state index < -0.39 is 31.9 Å². The van der Waals surface area contributed by atoms with Gasteiger partial charge in [0.1, 0.15) is 11.7 Å². The van der Waals surface area contributed by atoms with Gasteiger partial charge in [0.2, 0.25) is 0 Å². The van der Waals surface area contributed by atoms with Crippen LogP contribution < -0.4 is 0 Å². The van der Waals surface area contributed by atoms with Crippen LogP contribution in [0, 0.1) is 25.7 Å². The lowest BCUT2D eigenvalue weighted by Crippen LogP contribution is -2.49. The summed E-state index contributed by atoms with van der Waals surface area (Å²) in [6, 6.07) is 12.8. The number of hydrogen-bond acceptors (Lipinski definition) is 6. The van der Waals surface area contributed by atoms with Crippen LogP contribution in [0.4, 0.5) is 0 Å². The maximum Gasteiger partial charge on any atom is 0.297 e. The summed E-state index contributed by atoms with van der Waals surface area (Å²) in [6.45, 7) is 5.38. The molecular weight excluding hydrogens is 424 g/mol. The predicted octanol–water partition coefficient (Wildman–Crippen LogP) is 3.97. The van der Waals surface area contributed by atoms with Gasteiger partial charge in [0.25, 0.3) is 20.2 Å². The zero-order valence-corrected chi connectivity index (χ0v) is 18.9. The minimum atomic E-state index is -4.07. The third kappa shape index (κ3) is 4.32. The Morgan fingerprint density at radius 2 is 1.27 bits per heavy atom. The van der Waals surface area contributed by atoms with Crippen molar-refractivity contribution in [3.05, 3.63) is 59.7 Å². The van der Waals surface area contributed by atoms with Crippen molar-refractivity contribution in [2.45, 2.75) is 61.5 Å².